The molecular formula is C13H26N2O2. The van der Waals surface area contributed by atoms with Gasteiger partial charge in [-0.05, 0) is 24.2 Å². The number of hydrogen-bond donors (Lipinski definition) is 1. The summed E-state index contributed by atoms with van der Waals surface area (Å²) >= 11 is 0. The van der Waals surface area contributed by atoms with Crippen molar-refractivity contribution in [2.24, 2.45) is 17.1 Å². The van der Waals surface area contributed by atoms with Gasteiger partial charge in [0.15, 0.2) is 0 Å². The highest BCUT2D eigenvalue weighted by Crippen LogP contribution is 2.28. The molecule has 0 aromatic heterocycles. The molecule has 1 fully saturated rings. The van der Waals surface area contributed by atoms with E-state index in [2.05, 4.69) is 0 Å². The van der Waals surface area contributed by atoms with Gasteiger partial charge in [0.1, 0.15) is 0 Å². The molecule has 0 saturated heterocycles. The lowest BCUT2D eigenvalue weighted by Crippen LogP contribution is -2.49. The minimum absolute atomic E-state index is 0.00692. The average Bonchev–Trinajstić information content (AvgIpc) is 3.04. The SMILES string of the molecule is CN(CCOCC1CC1)C(=O)C(N)C(C)(C)C. The van der Waals surface area contributed by atoms with Crippen LogP contribution in [0.25, 0.3) is 0 Å². The number of nitrogens with two attached hydrogens (primary N) is 1. The fourth-order valence-electron chi connectivity index (χ4n) is 1.45. The Bertz CT molecular complexity index is 257. The van der Waals surface area contributed by atoms with Crippen molar-refractivity contribution in [3.8, 4) is 0 Å². The van der Waals surface area contributed by atoms with Gasteiger partial charge in [-0.25, -0.2) is 0 Å². The topological polar surface area (TPSA) is 55.6 Å². The first kappa shape index (κ1) is 14.5. The van der Waals surface area contributed by atoms with Crippen LogP contribution in [-0.2, 0) is 9.53 Å². The molecule has 0 radical (unpaired) electrons. The second kappa shape index (κ2) is 5.83. The van der Waals surface area contributed by atoms with Crippen molar-refractivity contribution in [1.82, 2.24) is 4.90 Å². The van der Waals surface area contributed by atoms with E-state index in [4.69, 9.17) is 10.5 Å². The Morgan fingerprint density at radius 2 is 2.06 bits per heavy atom. The molecule has 1 aliphatic carbocycles. The lowest BCUT2D eigenvalue weighted by Gasteiger charge is -2.29. The first-order valence-electron chi connectivity index (χ1n) is 6.40. The van der Waals surface area contributed by atoms with Crippen LogP contribution in [0.4, 0.5) is 0 Å². The second-order valence-corrected chi connectivity index (χ2v) is 6.12. The van der Waals surface area contributed by atoms with Gasteiger partial charge in [0.25, 0.3) is 0 Å². The highest BCUT2D eigenvalue weighted by atomic mass is 16.5. The maximum atomic E-state index is 12.0. The molecule has 4 nitrogen and oxygen atoms in total. The molecule has 0 aliphatic heterocycles. The Morgan fingerprint density at radius 3 is 2.53 bits per heavy atom. The van der Waals surface area contributed by atoms with Gasteiger partial charge >= 0.3 is 0 Å². The molecule has 100 valence electrons. The summed E-state index contributed by atoms with van der Waals surface area (Å²) in [5.41, 5.74) is 5.73. The third kappa shape index (κ3) is 5.04. The molecule has 0 aromatic carbocycles. The molecule has 17 heavy (non-hydrogen) atoms. The number of rotatable bonds is 6. The highest BCUT2D eigenvalue weighted by Gasteiger charge is 2.29. The van der Waals surface area contributed by atoms with Crippen LogP contribution in [0.3, 0.4) is 0 Å². The number of carbonyl (C=O) groups excluding carboxylic acids is 1. The van der Waals surface area contributed by atoms with Crippen molar-refractivity contribution in [2.75, 3.05) is 26.8 Å². The Kier molecular flexibility index (Phi) is 4.95. The number of ether oxygens (including phenoxy) is 1. The van der Waals surface area contributed by atoms with Gasteiger partial charge in [0, 0.05) is 20.2 Å². The molecule has 1 amide bonds. The van der Waals surface area contributed by atoms with E-state index in [1.165, 1.54) is 12.8 Å². The zero-order valence-electron chi connectivity index (χ0n) is 11.5. The van der Waals surface area contributed by atoms with Gasteiger partial charge in [-0.3, -0.25) is 4.79 Å². The summed E-state index contributed by atoms with van der Waals surface area (Å²) in [6.07, 6.45) is 2.59. The van der Waals surface area contributed by atoms with Gasteiger partial charge in [-0.1, -0.05) is 20.8 Å². The molecule has 1 unspecified atom stereocenters. The van der Waals surface area contributed by atoms with Crippen LogP contribution in [-0.4, -0.2) is 43.7 Å². The molecule has 2 N–H and O–H groups in total. The van der Waals surface area contributed by atoms with Gasteiger partial charge in [-0.15, -0.1) is 0 Å². The van der Waals surface area contributed by atoms with E-state index >= 15 is 0 Å². The van der Waals surface area contributed by atoms with Gasteiger partial charge in [0.05, 0.1) is 12.6 Å². The standard InChI is InChI=1S/C13H26N2O2/c1-13(2,3)11(14)12(16)15(4)7-8-17-9-10-5-6-10/h10-11H,5-9,14H2,1-4H3. The van der Waals surface area contributed by atoms with E-state index in [-0.39, 0.29) is 11.3 Å². The predicted molar refractivity (Wildman–Crippen MR) is 68.6 cm³/mol. The summed E-state index contributed by atoms with van der Waals surface area (Å²) in [4.78, 5) is 13.6. The molecule has 4 heteroatoms. The van der Waals surface area contributed by atoms with Crippen LogP contribution < -0.4 is 5.73 Å². The third-order valence-corrected chi connectivity index (χ3v) is 3.20. The molecule has 1 aliphatic rings. The Balaban J connectivity index is 2.20. The Morgan fingerprint density at radius 1 is 1.47 bits per heavy atom. The first-order chi connectivity index (χ1) is 7.82. The van der Waals surface area contributed by atoms with E-state index in [1.54, 1.807) is 11.9 Å². The third-order valence-electron chi connectivity index (χ3n) is 3.20. The van der Waals surface area contributed by atoms with E-state index in [0.29, 0.717) is 13.2 Å². The Labute approximate surface area is 104 Å². The van der Waals surface area contributed by atoms with Crippen LogP contribution >= 0.6 is 0 Å². The van der Waals surface area contributed by atoms with E-state index in [9.17, 15) is 4.79 Å². The number of carbonyl (C=O) groups is 1. The molecule has 1 atom stereocenters. The summed E-state index contributed by atoms with van der Waals surface area (Å²) in [6, 6.07) is -0.448. The normalized spacial score (nSPS) is 17.9. The molecule has 1 saturated carbocycles. The van der Waals surface area contributed by atoms with Crippen molar-refractivity contribution >= 4 is 5.91 Å². The number of likely N-dealkylation sites (N-methyl/N-ethyl adjacent to an activating group) is 1. The van der Waals surface area contributed by atoms with Gasteiger partial charge < -0.3 is 15.4 Å². The van der Waals surface area contributed by atoms with Crippen molar-refractivity contribution in [3.05, 3.63) is 0 Å². The monoisotopic (exact) mass is 242 g/mol. The van der Waals surface area contributed by atoms with Crippen LogP contribution in [0.1, 0.15) is 33.6 Å². The highest BCUT2D eigenvalue weighted by molar-refractivity contribution is 5.82. The summed E-state index contributed by atoms with van der Waals surface area (Å²) in [6.45, 7) is 8.01. The zero-order chi connectivity index (χ0) is 13.1. The van der Waals surface area contributed by atoms with Crippen molar-refractivity contribution in [3.63, 3.8) is 0 Å². The van der Waals surface area contributed by atoms with E-state index in [0.717, 1.165) is 12.5 Å². The predicted octanol–water partition coefficient (Wildman–Crippen LogP) is 1.24. The number of hydrogen-bond acceptors (Lipinski definition) is 3. The fraction of sp³-hybridized carbons (Fsp3) is 0.923. The van der Waals surface area contributed by atoms with E-state index in [1.807, 2.05) is 20.8 Å². The average molecular weight is 242 g/mol. The fourth-order valence-corrected chi connectivity index (χ4v) is 1.45. The lowest BCUT2D eigenvalue weighted by molar-refractivity contribution is -0.134. The van der Waals surface area contributed by atoms with Gasteiger partial charge in [-0.2, -0.15) is 0 Å². The number of nitrogens with zero attached hydrogens (tertiary/aromatic N) is 1. The zero-order valence-corrected chi connectivity index (χ0v) is 11.5. The molecule has 0 spiro atoms. The molecule has 0 bridgehead atoms. The van der Waals surface area contributed by atoms with Crippen molar-refractivity contribution < 1.29 is 9.53 Å². The molecular weight excluding hydrogens is 216 g/mol. The van der Waals surface area contributed by atoms with Gasteiger partial charge in [0.2, 0.25) is 5.91 Å². The van der Waals surface area contributed by atoms with Crippen LogP contribution in [0.5, 0.6) is 0 Å². The van der Waals surface area contributed by atoms with Crippen molar-refractivity contribution in [1.29, 1.82) is 0 Å². The van der Waals surface area contributed by atoms with Crippen LogP contribution in [0, 0.1) is 11.3 Å². The van der Waals surface area contributed by atoms with Crippen LogP contribution in [0.2, 0.25) is 0 Å². The molecule has 0 aromatic rings. The largest absolute Gasteiger partial charge is 0.379 e. The minimum Gasteiger partial charge on any atom is -0.379 e. The molecule has 1 rings (SSSR count). The maximum absolute atomic E-state index is 12.0. The maximum Gasteiger partial charge on any atom is 0.239 e. The summed E-state index contributed by atoms with van der Waals surface area (Å²) < 4.78 is 5.51. The summed E-state index contributed by atoms with van der Waals surface area (Å²) in [7, 11) is 1.79. The smallest absolute Gasteiger partial charge is 0.239 e. The Hall–Kier alpha value is -0.610. The second-order valence-electron chi connectivity index (χ2n) is 6.12. The number of amides is 1. The molecule has 0 heterocycles. The summed E-state index contributed by atoms with van der Waals surface area (Å²) in [5, 5.41) is 0. The minimum atomic E-state index is -0.448. The quantitative estimate of drug-likeness (QED) is 0.713. The van der Waals surface area contributed by atoms with Crippen LogP contribution in [0.15, 0.2) is 0 Å². The first-order valence-corrected chi connectivity index (χ1v) is 6.40. The lowest BCUT2D eigenvalue weighted by atomic mass is 9.86. The van der Waals surface area contributed by atoms with E-state index < -0.39 is 6.04 Å². The van der Waals surface area contributed by atoms with Crippen molar-refractivity contribution in [2.45, 2.75) is 39.7 Å². The summed E-state index contributed by atoms with van der Waals surface area (Å²) in [5.74, 6) is 0.764.